The van der Waals surface area contributed by atoms with Gasteiger partial charge in [-0.1, -0.05) is 91.5 Å². The van der Waals surface area contributed by atoms with Crippen LogP contribution in [0.4, 0.5) is 0 Å². The number of amides is 2. The Morgan fingerprint density at radius 2 is 1.88 bits per heavy atom. The van der Waals surface area contributed by atoms with E-state index in [0.29, 0.717) is 39.0 Å². The zero-order chi connectivity index (χ0) is 30.6. The topological polar surface area (TPSA) is 126 Å². The summed E-state index contributed by atoms with van der Waals surface area (Å²) in [5.41, 5.74) is 14.5. The quantitative estimate of drug-likeness (QED) is 0.116. The molecule has 2 fully saturated rings. The molecule has 1 saturated heterocycles. The van der Waals surface area contributed by atoms with Crippen LogP contribution in [0.25, 0.3) is 0 Å². The van der Waals surface area contributed by atoms with Crippen LogP contribution in [-0.2, 0) is 9.59 Å². The molecule has 0 aromatic heterocycles. The van der Waals surface area contributed by atoms with Gasteiger partial charge >= 0.3 is 0 Å². The third-order valence-electron chi connectivity index (χ3n) is 8.38. The second-order valence-corrected chi connectivity index (χ2v) is 11.4. The van der Waals surface area contributed by atoms with Crippen LogP contribution in [0, 0.1) is 5.92 Å². The molecule has 8 nitrogen and oxygen atoms in total. The predicted molar refractivity (Wildman–Crippen MR) is 174 cm³/mol. The van der Waals surface area contributed by atoms with Gasteiger partial charge in [0.25, 0.3) is 0 Å². The molecule has 2 aliphatic rings. The van der Waals surface area contributed by atoms with Crippen LogP contribution in [0.2, 0.25) is 0 Å². The van der Waals surface area contributed by atoms with Crippen molar-refractivity contribution in [2.24, 2.45) is 22.4 Å². The van der Waals surface area contributed by atoms with E-state index >= 15 is 0 Å². The number of rotatable bonds is 14. The second-order valence-electron chi connectivity index (χ2n) is 11.4. The third-order valence-corrected chi connectivity index (χ3v) is 8.38. The first-order chi connectivity index (χ1) is 20.9. The third kappa shape index (κ3) is 9.16. The van der Waals surface area contributed by atoms with Crippen molar-refractivity contribution in [3.8, 4) is 0 Å². The molecule has 6 N–H and O–H groups in total. The first-order valence-corrected chi connectivity index (χ1v) is 15.3. The standard InChI is InChI=1S/C35H46N6O2/c1-3-5-13-25(4-2)31(27-16-10-7-11-17-27)24-41-21-19-28(40-32(34(41)43)18-12-20-38-35(36)37)23-39-33(42)30-22-29(30)26-14-8-6-9-15-26/h3-11,13-17,28-32,40H,1,12,18-24H2,2H3,(H,39,42)(H4,36,37,38)/b13-5-,25-4+/t28-,29?,30?,31?,32-/m0/s1. The Kier molecular flexibility index (Phi) is 11.7. The van der Waals surface area contributed by atoms with E-state index in [1.54, 1.807) is 6.08 Å². The maximum atomic E-state index is 14.0. The van der Waals surface area contributed by atoms with Gasteiger partial charge in [-0.3, -0.25) is 14.6 Å². The van der Waals surface area contributed by atoms with Gasteiger partial charge in [0.1, 0.15) is 0 Å². The van der Waals surface area contributed by atoms with Gasteiger partial charge in [-0.25, -0.2) is 0 Å². The van der Waals surface area contributed by atoms with E-state index < -0.39 is 6.04 Å². The molecule has 0 spiro atoms. The molecular formula is C35H46N6O2. The number of hydrogen-bond donors (Lipinski definition) is 4. The molecule has 1 heterocycles. The summed E-state index contributed by atoms with van der Waals surface area (Å²) >= 11 is 0. The summed E-state index contributed by atoms with van der Waals surface area (Å²) in [5.74, 6) is 0.506. The highest BCUT2D eigenvalue weighted by molar-refractivity contribution is 5.83. The fraction of sp³-hybridized carbons (Fsp3) is 0.400. The lowest BCUT2D eigenvalue weighted by molar-refractivity contribution is -0.133. The van der Waals surface area contributed by atoms with Gasteiger partial charge in [-0.15, -0.1) is 0 Å². The molecule has 1 aliphatic heterocycles. The zero-order valence-corrected chi connectivity index (χ0v) is 25.2. The Labute approximate surface area is 256 Å². The van der Waals surface area contributed by atoms with Crippen LogP contribution in [0.3, 0.4) is 0 Å². The molecule has 43 heavy (non-hydrogen) atoms. The average Bonchev–Trinajstić information content (AvgIpc) is 3.85. The van der Waals surface area contributed by atoms with Crippen molar-refractivity contribution in [3.05, 3.63) is 108 Å². The molecule has 8 heteroatoms. The minimum absolute atomic E-state index is 0.00896. The van der Waals surface area contributed by atoms with E-state index in [-0.39, 0.29) is 41.6 Å². The molecule has 2 amide bonds. The monoisotopic (exact) mass is 582 g/mol. The first-order valence-electron chi connectivity index (χ1n) is 15.3. The van der Waals surface area contributed by atoms with Crippen LogP contribution in [-0.4, -0.2) is 60.9 Å². The number of hydrogen-bond acceptors (Lipinski definition) is 4. The number of allylic oxidation sites excluding steroid dienone is 4. The van der Waals surface area contributed by atoms with E-state index in [4.69, 9.17) is 11.5 Å². The van der Waals surface area contributed by atoms with Gasteiger partial charge in [0, 0.05) is 44.1 Å². The lowest BCUT2D eigenvalue weighted by Crippen LogP contribution is -2.49. The molecule has 4 rings (SSSR count). The van der Waals surface area contributed by atoms with E-state index in [1.807, 2.05) is 54.3 Å². The van der Waals surface area contributed by atoms with Crippen molar-refractivity contribution < 1.29 is 9.59 Å². The molecule has 2 aromatic rings. The van der Waals surface area contributed by atoms with Gasteiger partial charge in [0.05, 0.1) is 6.04 Å². The lowest BCUT2D eigenvalue weighted by atomic mass is 9.89. The summed E-state index contributed by atoms with van der Waals surface area (Å²) in [6.07, 6.45) is 10.7. The number of aliphatic imine (C=N–C) groups is 1. The van der Waals surface area contributed by atoms with Crippen molar-refractivity contribution in [1.29, 1.82) is 0 Å². The Morgan fingerprint density at radius 1 is 1.16 bits per heavy atom. The van der Waals surface area contributed by atoms with Gasteiger partial charge in [-0.2, -0.15) is 0 Å². The molecule has 5 atom stereocenters. The molecule has 1 aliphatic carbocycles. The van der Waals surface area contributed by atoms with Crippen LogP contribution in [0.15, 0.2) is 102 Å². The number of benzene rings is 2. The average molecular weight is 583 g/mol. The predicted octanol–water partition coefficient (Wildman–Crippen LogP) is 3.99. The Hall–Kier alpha value is -4.17. The van der Waals surface area contributed by atoms with Gasteiger partial charge in [0.15, 0.2) is 5.96 Å². The van der Waals surface area contributed by atoms with Crippen molar-refractivity contribution in [2.45, 2.75) is 56.5 Å². The van der Waals surface area contributed by atoms with Crippen molar-refractivity contribution >= 4 is 17.8 Å². The number of carbonyl (C=O) groups excluding carboxylic acids is 2. The second kappa shape index (κ2) is 15.9. The SMILES string of the molecule is C=C/C=C\C(=C/C)C(CN1CC[C@@H](CNC(=O)C2CC2c2ccccc2)N[C@@H](CCCN=C(N)N)C1=O)c1ccccc1. The van der Waals surface area contributed by atoms with Crippen LogP contribution < -0.4 is 22.1 Å². The highest BCUT2D eigenvalue weighted by Gasteiger charge is 2.44. The highest BCUT2D eigenvalue weighted by atomic mass is 16.2. The lowest BCUT2D eigenvalue weighted by Gasteiger charge is -2.30. The largest absolute Gasteiger partial charge is 0.370 e. The van der Waals surface area contributed by atoms with Gasteiger partial charge in [0.2, 0.25) is 11.8 Å². The summed E-state index contributed by atoms with van der Waals surface area (Å²) in [5, 5.41) is 6.75. The number of nitrogens with zero attached hydrogens (tertiary/aromatic N) is 2. The minimum Gasteiger partial charge on any atom is -0.370 e. The summed E-state index contributed by atoms with van der Waals surface area (Å²) in [6.45, 7) is 7.94. The van der Waals surface area contributed by atoms with E-state index in [9.17, 15) is 9.59 Å². The Bertz CT molecular complexity index is 1300. The number of nitrogens with one attached hydrogen (secondary N) is 2. The van der Waals surface area contributed by atoms with Crippen LogP contribution >= 0.6 is 0 Å². The first kappa shape index (κ1) is 31.8. The summed E-state index contributed by atoms with van der Waals surface area (Å²) in [4.78, 5) is 33.1. The maximum Gasteiger partial charge on any atom is 0.239 e. The number of nitrogens with two attached hydrogens (primary N) is 2. The summed E-state index contributed by atoms with van der Waals surface area (Å²) < 4.78 is 0. The molecule has 2 aromatic carbocycles. The van der Waals surface area contributed by atoms with Gasteiger partial charge < -0.3 is 27.0 Å². The smallest absolute Gasteiger partial charge is 0.239 e. The van der Waals surface area contributed by atoms with Crippen molar-refractivity contribution in [1.82, 2.24) is 15.5 Å². The highest BCUT2D eigenvalue weighted by Crippen LogP contribution is 2.47. The van der Waals surface area contributed by atoms with E-state index in [0.717, 1.165) is 24.0 Å². The molecule has 228 valence electrons. The molecule has 0 bridgehead atoms. The molecule has 3 unspecified atom stereocenters. The fourth-order valence-corrected chi connectivity index (χ4v) is 5.94. The van der Waals surface area contributed by atoms with E-state index in [1.165, 1.54) is 5.56 Å². The minimum atomic E-state index is -0.397. The summed E-state index contributed by atoms with van der Waals surface area (Å²) in [6, 6.07) is 20.1. The van der Waals surface area contributed by atoms with Crippen LogP contribution in [0.1, 0.15) is 55.6 Å². The van der Waals surface area contributed by atoms with E-state index in [2.05, 4.69) is 58.6 Å². The fourth-order valence-electron chi connectivity index (χ4n) is 5.94. The Balaban J connectivity index is 1.46. The van der Waals surface area contributed by atoms with Gasteiger partial charge in [-0.05, 0) is 55.2 Å². The molecule has 0 radical (unpaired) electrons. The molecular weight excluding hydrogens is 536 g/mol. The summed E-state index contributed by atoms with van der Waals surface area (Å²) in [7, 11) is 0. The normalized spacial score (nSPS) is 23.0. The van der Waals surface area contributed by atoms with Crippen molar-refractivity contribution in [3.63, 3.8) is 0 Å². The number of carbonyl (C=O) groups is 2. The van der Waals surface area contributed by atoms with Crippen molar-refractivity contribution in [2.75, 3.05) is 26.2 Å². The maximum absolute atomic E-state index is 14.0. The number of guanidine groups is 1. The molecule has 1 saturated carbocycles. The zero-order valence-electron chi connectivity index (χ0n) is 25.2. The van der Waals surface area contributed by atoms with Crippen LogP contribution in [0.5, 0.6) is 0 Å². The Morgan fingerprint density at radius 3 is 2.56 bits per heavy atom.